The lowest BCUT2D eigenvalue weighted by Gasteiger charge is -2.40. The molecule has 2 aliphatic rings. The normalized spacial score (nSPS) is 13.3. The number of aromatic nitrogens is 1. The summed E-state index contributed by atoms with van der Waals surface area (Å²) in [6, 6.07) is 80.4. The fraction of sp³-hybridized carbons (Fsp3) is 0.0169. The molecular weight excluding hydrogens is 753 g/mol. The van der Waals surface area contributed by atoms with Crippen LogP contribution in [0.2, 0.25) is 0 Å². The standard InChI is InChI=1S/C59H36N2O/c1-2-16-37(17-3-1)60-51-28-12-7-21-42(51)43-33-32-38(36-54(43)60)61(53-29-15-31-56-58(53)46-22-8-13-30-55(46)62-56)52-35-34-44-41-20-6-11-26-49(41)59(50-27-14-23-45(52)57(44)50)47-24-9-4-18-39(47)40-19-5-10-25-48(40)59/h1-36H. The number of hydrogen-bond acceptors (Lipinski definition) is 2. The minimum Gasteiger partial charge on any atom is -0.456 e. The van der Waals surface area contributed by atoms with Crippen LogP contribution < -0.4 is 4.90 Å². The molecule has 2 heterocycles. The number of para-hydroxylation sites is 3. The molecule has 0 bridgehead atoms. The minimum absolute atomic E-state index is 0.490. The van der Waals surface area contributed by atoms with Crippen molar-refractivity contribution in [2.75, 3.05) is 4.90 Å². The maximum Gasteiger partial charge on any atom is 0.137 e. The van der Waals surface area contributed by atoms with Gasteiger partial charge in [0.05, 0.1) is 33.2 Å². The van der Waals surface area contributed by atoms with Crippen molar-refractivity contribution in [3.05, 3.63) is 241 Å². The van der Waals surface area contributed by atoms with E-state index in [0.29, 0.717) is 0 Å². The topological polar surface area (TPSA) is 21.3 Å². The molecule has 12 aromatic rings. The Labute approximate surface area is 358 Å². The zero-order chi connectivity index (χ0) is 40.5. The van der Waals surface area contributed by atoms with E-state index in [9.17, 15) is 0 Å². The number of rotatable bonds is 4. The van der Waals surface area contributed by atoms with E-state index < -0.39 is 5.41 Å². The van der Waals surface area contributed by atoms with Crippen LogP contribution in [0.4, 0.5) is 17.1 Å². The molecule has 10 aromatic carbocycles. The molecule has 3 nitrogen and oxygen atoms in total. The van der Waals surface area contributed by atoms with Crippen LogP contribution in [-0.4, -0.2) is 4.57 Å². The lowest BCUT2D eigenvalue weighted by atomic mass is 9.61. The van der Waals surface area contributed by atoms with Crippen LogP contribution in [0, 0.1) is 0 Å². The van der Waals surface area contributed by atoms with Crippen LogP contribution in [0.5, 0.6) is 0 Å². The van der Waals surface area contributed by atoms with E-state index in [1.807, 2.05) is 0 Å². The summed E-state index contributed by atoms with van der Waals surface area (Å²) in [7, 11) is 0. The van der Waals surface area contributed by atoms with Crippen molar-refractivity contribution in [1.29, 1.82) is 0 Å². The van der Waals surface area contributed by atoms with Crippen LogP contribution in [0.25, 0.3) is 82.5 Å². The summed E-state index contributed by atoms with van der Waals surface area (Å²) in [4.78, 5) is 2.49. The first-order valence-electron chi connectivity index (χ1n) is 21.4. The highest BCUT2D eigenvalue weighted by molar-refractivity contribution is 6.18. The van der Waals surface area contributed by atoms with Gasteiger partial charge < -0.3 is 13.9 Å². The Morgan fingerprint density at radius 3 is 1.71 bits per heavy atom. The average molecular weight is 789 g/mol. The van der Waals surface area contributed by atoms with Gasteiger partial charge in [0.15, 0.2) is 0 Å². The Bertz CT molecular complexity index is 3790. The first kappa shape index (κ1) is 33.7. The Kier molecular flexibility index (Phi) is 6.76. The molecule has 0 fully saturated rings. The summed E-state index contributed by atoms with van der Waals surface area (Å²) in [5, 5.41) is 7.11. The number of anilines is 3. The Balaban J connectivity index is 1.12. The van der Waals surface area contributed by atoms with Gasteiger partial charge >= 0.3 is 0 Å². The fourth-order valence-corrected chi connectivity index (χ4v) is 11.4. The molecule has 0 saturated heterocycles. The number of fused-ring (bicyclic) bond motifs is 15. The molecule has 0 atom stereocenters. The highest BCUT2D eigenvalue weighted by Crippen LogP contribution is 2.62. The first-order valence-corrected chi connectivity index (χ1v) is 21.4. The molecular formula is C59H36N2O. The second-order valence-corrected chi connectivity index (χ2v) is 16.7. The average Bonchev–Trinajstić information content (AvgIpc) is 3.98. The molecule has 0 amide bonds. The fourth-order valence-electron chi connectivity index (χ4n) is 11.4. The van der Waals surface area contributed by atoms with Crippen molar-refractivity contribution in [3.8, 4) is 27.9 Å². The summed E-state index contributed by atoms with van der Waals surface area (Å²) >= 11 is 0. The molecule has 0 unspecified atom stereocenters. The Morgan fingerprint density at radius 2 is 0.935 bits per heavy atom. The van der Waals surface area contributed by atoms with Crippen molar-refractivity contribution in [1.82, 2.24) is 4.57 Å². The van der Waals surface area contributed by atoms with Crippen LogP contribution >= 0.6 is 0 Å². The third-order valence-electron chi connectivity index (χ3n) is 13.8. The molecule has 2 aromatic heterocycles. The third kappa shape index (κ3) is 4.29. The molecule has 14 rings (SSSR count). The summed E-state index contributed by atoms with van der Waals surface area (Å²) in [6.07, 6.45) is 0. The van der Waals surface area contributed by atoms with Crippen LogP contribution in [-0.2, 0) is 5.41 Å². The number of nitrogens with zero attached hydrogens (tertiary/aromatic N) is 2. The van der Waals surface area contributed by atoms with E-state index in [-0.39, 0.29) is 0 Å². The molecule has 0 saturated carbocycles. The largest absolute Gasteiger partial charge is 0.456 e. The van der Waals surface area contributed by atoms with Crippen molar-refractivity contribution in [2.45, 2.75) is 5.41 Å². The molecule has 288 valence electrons. The quantitative estimate of drug-likeness (QED) is 0.177. The second kappa shape index (κ2) is 12.4. The van der Waals surface area contributed by atoms with Gasteiger partial charge in [-0.3, -0.25) is 0 Å². The molecule has 0 radical (unpaired) electrons. The summed E-state index contributed by atoms with van der Waals surface area (Å²) in [6.45, 7) is 0. The summed E-state index contributed by atoms with van der Waals surface area (Å²) < 4.78 is 9.00. The van der Waals surface area contributed by atoms with E-state index in [4.69, 9.17) is 4.42 Å². The van der Waals surface area contributed by atoms with Gasteiger partial charge in [-0.05, 0) is 104 Å². The van der Waals surface area contributed by atoms with Crippen molar-refractivity contribution < 1.29 is 4.42 Å². The van der Waals surface area contributed by atoms with Gasteiger partial charge in [-0.1, -0.05) is 164 Å². The highest BCUT2D eigenvalue weighted by Gasteiger charge is 2.50. The third-order valence-corrected chi connectivity index (χ3v) is 13.8. The molecule has 1 spiro atoms. The monoisotopic (exact) mass is 788 g/mol. The van der Waals surface area contributed by atoms with E-state index in [0.717, 1.165) is 50.2 Å². The molecule has 3 heteroatoms. The zero-order valence-electron chi connectivity index (χ0n) is 33.6. The predicted molar refractivity (Wildman–Crippen MR) is 257 cm³/mol. The Morgan fingerprint density at radius 1 is 0.355 bits per heavy atom. The van der Waals surface area contributed by atoms with Crippen molar-refractivity contribution >= 4 is 71.6 Å². The van der Waals surface area contributed by atoms with Gasteiger partial charge in [0.1, 0.15) is 11.2 Å². The SMILES string of the molecule is c1ccc(-n2c3ccccc3c3ccc(N(c4ccc5c6c(cccc46)C4(c6ccccc6-c6ccccc64)c4ccccc4-5)c4cccc5oc6ccccc6c45)cc32)cc1. The maximum atomic E-state index is 6.59. The number of furan rings is 1. The van der Waals surface area contributed by atoms with E-state index in [1.165, 1.54) is 71.6 Å². The van der Waals surface area contributed by atoms with Crippen LogP contribution in [0.15, 0.2) is 223 Å². The van der Waals surface area contributed by atoms with Gasteiger partial charge in [-0.15, -0.1) is 0 Å². The minimum atomic E-state index is -0.490. The summed E-state index contributed by atoms with van der Waals surface area (Å²) in [5.41, 5.74) is 18.4. The predicted octanol–water partition coefficient (Wildman–Crippen LogP) is 15.6. The van der Waals surface area contributed by atoms with E-state index in [1.54, 1.807) is 0 Å². The lowest BCUT2D eigenvalue weighted by Crippen LogP contribution is -2.31. The van der Waals surface area contributed by atoms with Crippen LogP contribution in [0.1, 0.15) is 22.3 Å². The number of benzene rings is 10. The van der Waals surface area contributed by atoms with Gasteiger partial charge in [-0.25, -0.2) is 0 Å². The highest BCUT2D eigenvalue weighted by atomic mass is 16.3. The van der Waals surface area contributed by atoms with Gasteiger partial charge in [0.2, 0.25) is 0 Å². The molecule has 62 heavy (non-hydrogen) atoms. The van der Waals surface area contributed by atoms with E-state index >= 15 is 0 Å². The van der Waals surface area contributed by atoms with Crippen molar-refractivity contribution in [3.63, 3.8) is 0 Å². The molecule has 0 N–H and O–H groups in total. The maximum absolute atomic E-state index is 6.59. The van der Waals surface area contributed by atoms with Crippen molar-refractivity contribution in [2.24, 2.45) is 0 Å². The van der Waals surface area contributed by atoms with Gasteiger partial charge in [-0.2, -0.15) is 0 Å². The zero-order valence-corrected chi connectivity index (χ0v) is 33.6. The summed E-state index contributed by atoms with van der Waals surface area (Å²) in [5.74, 6) is 0. The molecule has 2 aliphatic carbocycles. The van der Waals surface area contributed by atoms with Gasteiger partial charge in [0, 0.05) is 32.9 Å². The number of hydrogen-bond donors (Lipinski definition) is 0. The first-order chi connectivity index (χ1) is 30.8. The second-order valence-electron chi connectivity index (χ2n) is 16.7. The Hall–Kier alpha value is -8.14. The molecule has 0 aliphatic heterocycles. The smallest absolute Gasteiger partial charge is 0.137 e. The lowest BCUT2D eigenvalue weighted by molar-refractivity contribution is 0.669. The van der Waals surface area contributed by atoms with Crippen LogP contribution in [0.3, 0.4) is 0 Å². The van der Waals surface area contributed by atoms with Gasteiger partial charge in [0.25, 0.3) is 0 Å². The van der Waals surface area contributed by atoms with E-state index in [2.05, 4.69) is 228 Å².